The highest BCUT2D eigenvalue weighted by molar-refractivity contribution is 7.17. The number of hydrogen-bond donors (Lipinski definition) is 1. The quantitative estimate of drug-likeness (QED) is 0.909. The number of rotatable bonds is 2. The molecule has 1 saturated heterocycles. The number of thiazole rings is 1. The predicted molar refractivity (Wildman–Crippen MR) is 64.8 cm³/mol. The molecule has 2 heterocycles. The molecule has 0 radical (unpaired) electrons. The molecule has 0 spiro atoms. The predicted octanol–water partition coefficient (Wildman–Crippen LogP) is 3.24. The molecule has 1 fully saturated rings. The lowest BCUT2D eigenvalue weighted by atomic mass is 10.2. The summed E-state index contributed by atoms with van der Waals surface area (Å²) in [5.41, 5.74) is -1.29. The lowest BCUT2D eigenvalue weighted by Crippen LogP contribution is -2.23. The van der Waals surface area contributed by atoms with Gasteiger partial charge in [-0.3, -0.25) is 0 Å². The zero-order valence-corrected chi connectivity index (χ0v) is 10.9. The molecule has 8 heteroatoms. The third kappa shape index (κ3) is 3.17. The maximum absolute atomic E-state index is 12.7. The number of aromatic carboxylic acids is 1. The number of nitrogens with zero attached hydrogens (tertiary/aromatic N) is 2. The molecule has 0 bridgehead atoms. The first-order chi connectivity index (χ1) is 8.89. The second-order valence-electron chi connectivity index (χ2n) is 4.38. The summed E-state index contributed by atoms with van der Waals surface area (Å²) < 4.78 is 38.2. The van der Waals surface area contributed by atoms with Crippen molar-refractivity contribution in [2.75, 3.05) is 18.0 Å². The molecule has 0 aromatic carbocycles. The van der Waals surface area contributed by atoms with Gasteiger partial charge in [-0.05, 0) is 12.8 Å². The first kappa shape index (κ1) is 14.1. The SMILES string of the molecule is O=C(O)c1sc(N2CCCCCC2)nc1C(F)(F)F. The molecule has 19 heavy (non-hydrogen) atoms. The van der Waals surface area contributed by atoms with Crippen molar-refractivity contribution in [3.8, 4) is 0 Å². The van der Waals surface area contributed by atoms with Gasteiger partial charge in [0.15, 0.2) is 10.8 Å². The maximum atomic E-state index is 12.7. The number of carboxylic acid groups (broad SMARTS) is 1. The molecule has 0 amide bonds. The van der Waals surface area contributed by atoms with Crippen LogP contribution in [0.25, 0.3) is 0 Å². The zero-order chi connectivity index (χ0) is 14.0. The molecule has 1 N–H and O–H groups in total. The van der Waals surface area contributed by atoms with Gasteiger partial charge < -0.3 is 10.0 Å². The van der Waals surface area contributed by atoms with Gasteiger partial charge in [0.05, 0.1) is 0 Å². The van der Waals surface area contributed by atoms with Gasteiger partial charge in [-0.25, -0.2) is 9.78 Å². The lowest BCUT2D eigenvalue weighted by Gasteiger charge is -2.18. The minimum absolute atomic E-state index is 0.159. The summed E-state index contributed by atoms with van der Waals surface area (Å²) in [6.07, 6.45) is -0.861. The summed E-state index contributed by atoms with van der Waals surface area (Å²) in [5.74, 6) is -1.58. The Hall–Kier alpha value is -1.31. The van der Waals surface area contributed by atoms with Gasteiger partial charge >= 0.3 is 12.1 Å². The van der Waals surface area contributed by atoms with Crippen molar-refractivity contribution in [2.24, 2.45) is 0 Å². The molecule has 106 valence electrons. The van der Waals surface area contributed by atoms with Crippen LogP contribution in [0.3, 0.4) is 0 Å². The van der Waals surface area contributed by atoms with Crippen LogP contribution in [0.4, 0.5) is 18.3 Å². The molecule has 0 unspecified atom stereocenters. The molecular formula is C11H13F3N2O2S. The molecule has 0 aliphatic carbocycles. The summed E-state index contributed by atoms with van der Waals surface area (Å²) in [4.78, 5) is 15.4. The van der Waals surface area contributed by atoms with E-state index in [-0.39, 0.29) is 5.13 Å². The molecule has 2 rings (SSSR count). The Morgan fingerprint density at radius 1 is 1.21 bits per heavy atom. The van der Waals surface area contributed by atoms with Crippen molar-refractivity contribution >= 4 is 22.4 Å². The van der Waals surface area contributed by atoms with E-state index in [9.17, 15) is 18.0 Å². The number of anilines is 1. The Morgan fingerprint density at radius 3 is 2.21 bits per heavy atom. The molecular weight excluding hydrogens is 281 g/mol. The Morgan fingerprint density at radius 2 is 1.79 bits per heavy atom. The topological polar surface area (TPSA) is 53.4 Å². The standard InChI is InChI=1S/C11H13F3N2O2S/c12-11(13,14)8-7(9(17)18)19-10(15-8)16-5-3-1-2-4-6-16/h1-6H2,(H,17,18). The van der Waals surface area contributed by atoms with E-state index in [0.29, 0.717) is 24.4 Å². The molecule has 1 aliphatic heterocycles. The summed E-state index contributed by atoms with van der Waals surface area (Å²) in [5, 5.41) is 9.01. The van der Waals surface area contributed by atoms with Crippen LogP contribution in [-0.4, -0.2) is 29.1 Å². The van der Waals surface area contributed by atoms with Crippen molar-refractivity contribution in [1.82, 2.24) is 4.98 Å². The van der Waals surface area contributed by atoms with Crippen LogP contribution in [0.2, 0.25) is 0 Å². The molecule has 0 atom stereocenters. The van der Waals surface area contributed by atoms with Gasteiger partial charge in [-0.15, -0.1) is 0 Å². The fraction of sp³-hybridized carbons (Fsp3) is 0.636. The number of halogens is 3. The maximum Gasteiger partial charge on any atom is 0.435 e. The summed E-state index contributed by atoms with van der Waals surface area (Å²) in [6, 6.07) is 0. The Balaban J connectivity index is 2.34. The first-order valence-corrected chi connectivity index (χ1v) is 6.77. The number of carboxylic acids is 1. The minimum atomic E-state index is -4.73. The van der Waals surface area contributed by atoms with E-state index in [2.05, 4.69) is 4.98 Å². The van der Waals surface area contributed by atoms with Gasteiger partial charge in [0, 0.05) is 13.1 Å². The van der Waals surface area contributed by atoms with E-state index in [0.717, 1.165) is 25.7 Å². The van der Waals surface area contributed by atoms with E-state index in [1.54, 1.807) is 4.90 Å². The van der Waals surface area contributed by atoms with Gasteiger partial charge in [0.1, 0.15) is 4.88 Å². The normalized spacial score (nSPS) is 17.3. The van der Waals surface area contributed by atoms with Crippen molar-refractivity contribution in [2.45, 2.75) is 31.9 Å². The van der Waals surface area contributed by atoms with Crippen molar-refractivity contribution < 1.29 is 23.1 Å². The molecule has 0 saturated carbocycles. The third-order valence-corrected chi connectivity index (χ3v) is 4.06. The Labute approximate surface area is 111 Å². The highest BCUT2D eigenvalue weighted by Crippen LogP contribution is 2.37. The lowest BCUT2D eigenvalue weighted by molar-refractivity contribution is -0.141. The van der Waals surface area contributed by atoms with E-state index in [1.165, 1.54) is 0 Å². The van der Waals surface area contributed by atoms with Gasteiger partial charge in [-0.1, -0.05) is 24.2 Å². The fourth-order valence-electron chi connectivity index (χ4n) is 2.04. The van der Waals surface area contributed by atoms with Crippen LogP contribution in [0.15, 0.2) is 0 Å². The van der Waals surface area contributed by atoms with E-state index >= 15 is 0 Å². The van der Waals surface area contributed by atoms with Crippen LogP contribution < -0.4 is 4.90 Å². The van der Waals surface area contributed by atoms with Crippen LogP contribution in [0.1, 0.15) is 41.0 Å². The zero-order valence-electron chi connectivity index (χ0n) is 10.0. The summed E-state index contributed by atoms with van der Waals surface area (Å²) in [7, 11) is 0. The molecule has 1 aliphatic rings. The van der Waals surface area contributed by atoms with Crippen LogP contribution in [0.5, 0.6) is 0 Å². The number of alkyl halides is 3. The van der Waals surface area contributed by atoms with Gasteiger partial charge in [0.2, 0.25) is 0 Å². The van der Waals surface area contributed by atoms with E-state index in [1.807, 2.05) is 0 Å². The third-order valence-electron chi connectivity index (χ3n) is 2.96. The van der Waals surface area contributed by atoms with Crippen LogP contribution >= 0.6 is 11.3 Å². The molecule has 4 nitrogen and oxygen atoms in total. The second kappa shape index (κ2) is 5.36. The minimum Gasteiger partial charge on any atom is -0.477 e. The van der Waals surface area contributed by atoms with Crippen molar-refractivity contribution in [3.63, 3.8) is 0 Å². The second-order valence-corrected chi connectivity index (χ2v) is 5.36. The molecule has 1 aromatic rings. The number of aromatic nitrogens is 1. The Bertz CT molecular complexity index is 465. The van der Waals surface area contributed by atoms with E-state index in [4.69, 9.17) is 5.11 Å². The van der Waals surface area contributed by atoms with Crippen molar-refractivity contribution in [1.29, 1.82) is 0 Å². The van der Waals surface area contributed by atoms with Crippen LogP contribution in [-0.2, 0) is 6.18 Å². The smallest absolute Gasteiger partial charge is 0.435 e. The summed E-state index contributed by atoms with van der Waals surface area (Å²) in [6.45, 7) is 1.26. The number of carbonyl (C=O) groups is 1. The highest BCUT2D eigenvalue weighted by atomic mass is 32.1. The van der Waals surface area contributed by atoms with E-state index < -0.39 is 22.7 Å². The van der Waals surface area contributed by atoms with Crippen LogP contribution in [0, 0.1) is 0 Å². The van der Waals surface area contributed by atoms with Crippen molar-refractivity contribution in [3.05, 3.63) is 10.6 Å². The highest BCUT2D eigenvalue weighted by Gasteiger charge is 2.40. The molecule has 1 aromatic heterocycles. The first-order valence-electron chi connectivity index (χ1n) is 5.96. The van der Waals surface area contributed by atoms with Gasteiger partial charge in [-0.2, -0.15) is 13.2 Å². The monoisotopic (exact) mass is 294 g/mol. The van der Waals surface area contributed by atoms with Gasteiger partial charge in [0.25, 0.3) is 0 Å². The largest absolute Gasteiger partial charge is 0.477 e. The summed E-state index contributed by atoms with van der Waals surface area (Å²) >= 11 is 0.606. The fourth-order valence-corrected chi connectivity index (χ4v) is 3.02. The Kier molecular flexibility index (Phi) is 3.98. The average molecular weight is 294 g/mol. The average Bonchev–Trinajstić information content (AvgIpc) is 2.60. The number of hydrogen-bond acceptors (Lipinski definition) is 4.